The molecule has 0 saturated carbocycles. The molecular formula is C46H84Si4. The molecule has 0 radical (unpaired) electrons. The third-order valence-electron chi connectivity index (χ3n) is 13.3. The van der Waals surface area contributed by atoms with Crippen LogP contribution in [0.5, 0.6) is 0 Å². The molecule has 0 aliphatic carbocycles. The maximum absolute atomic E-state index is 4.10. The fourth-order valence-electron chi connectivity index (χ4n) is 10.7. The summed E-state index contributed by atoms with van der Waals surface area (Å²) in [7, 11) is -8.14. The highest BCUT2D eigenvalue weighted by Gasteiger charge is 2.45. The van der Waals surface area contributed by atoms with Crippen molar-refractivity contribution >= 4 is 32.3 Å². The van der Waals surface area contributed by atoms with E-state index in [-0.39, 0.29) is 0 Å². The molecule has 0 aromatic rings. The normalized spacial score (nSPS) is 13.1. The van der Waals surface area contributed by atoms with Crippen LogP contribution in [0.3, 0.4) is 0 Å². The highest BCUT2D eigenvalue weighted by Crippen LogP contribution is 2.44. The SMILES string of the molecule is CC(C)[Si](C#CC(C#C[Si](C(C)C)(C(C)C)C(C)C)=C(C#C[Si](C(C)C)(C(C)C)C(C)C)C#C[Si](C(C)C)(C(C)C)C(C)C)(C(C)C)C(C)C. The fraction of sp³-hybridized carbons (Fsp3) is 0.783. The predicted octanol–water partition coefficient (Wildman–Crippen LogP) is 15.2. The molecule has 0 nitrogen and oxygen atoms in total. The molecule has 50 heavy (non-hydrogen) atoms. The summed E-state index contributed by atoms with van der Waals surface area (Å²) in [5.41, 5.74) is 24.8. The van der Waals surface area contributed by atoms with Crippen molar-refractivity contribution in [3.63, 3.8) is 0 Å². The Hall–Kier alpha value is -1.15. The molecule has 0 atom stereocenters. The van der Waals surface area contributed by atoms with E-state index >= 15 is 0 Å². The third kappa shape index (κ3) is 10.1. The van der Waals surface area contributed by atoms with Gasteiger partial charge in [-0.05, 0) is 66.5 Å². The average molecular weight is 750 g/mol. The number of hydrogen-bond donors (Lipinski definition) is 0. The number of hydrogen-bond acceptors (Lipinski definition) is 0. The topological polar surface area (TPSA) is 0 Å². The van der Waals surface area contributed by atoms with Crippen molar-refractivity contribution in [2.24, 2.45) is 0 Å². The summed E-state index contributed by atoms with van der Waals surface area (Å²) in [4.78, 5) is 0. The monoisotopic (exact) mass is 749 g/mol. The minimum absolute atomic E-state index is 0.547. The van der Waals surface area contributed by atoms with Gasteiger partial charge in [0, 0.05) is 0 Å². The molecule has 0 fully saturated rings. The van der Waals surface area contributed by atoms with Crippen molar-refractivity contribution in [2.45, 2.75) is 233 Å². The lowest BCUT2D eigenvalue weighted by atomic mass is 10.1. The maximum Gasteiger partial charge on any atom is 0.146 e. The zero-order valence-electron chi connectivity index (χ0n) is 37.9. The largest absolute Gasteiger partial charge is 0.146 e. The van der Waals surface area contributed by atoms with Gasteiger partial charge in [0.2, 0.25) is 0 Å². The van der Waals surface area contributed by atoms with Crippen LogP contribution in [0.1, 0.15) is 166 Å². The van der Waals surface area contributed by atoms with Crippen LogP contribution in [0.2, 0.25) is 66.5 Å². The number of rotatable bonds is 12. The minimum atomic E-state index is -2.03. The maximum atomic E-state index is 4.10. The first-order valence-electron chi connectivity index (χ1n) is 20.6. The van der Waals surface area contributed by atoms with Crippen LogP contribution in [-0.2, 0) is 0 Å². The first-order valence-corrected chi connectivity index (χ1v) is 29.5. The lowest BCUT2D eigenvalue weighted by molar-refractivity contribution is 0.838. The molecular weight excluding hydrogens is 665 g/mol. The standard InChI is InChI=1S/C46H84Si4/c1-33(2)47(34(3)4,35(5)6)29-25-45(26-30-48(36(7)8,37(9)10)38(11)12)46(27-31-49(39(13)14,40(15)16)41(17)18)28-32-50(42(19)20,43(21)22)44(23)24/h33-44H,1-24H3. The minimum Gasteiger partial charge on any atom is -0.124 e. The Balaban J connectivity index is 9.22. The summed E-state index contributed by atoms with van der Waals surface area (Å²) < 4.78 is 0. The molecule has 0 heterocycles. The highest BCUT2D eigenvalue weighted by atomic mass is 28.3. The van der Waals surface area contributed by atoms with Crippen molar-refractivity contribution < 1.29 is 0 Å². The smallest absolute Gasteiger partial charge is 0.124 e. The van der Waals surface area contributed by atoms with Crippen LogP contribution >= 0.6 is 0 Å². The van der Waals surface area contributed by atoms with Gasteiger partial charge in [-0.3, -0.25) is 0 Å². The molecule has 0 aliphatic rings. The molecule has 0 aromatic carbocycles. The molecule has 0 rings (SSSR count). The molecule has 0 aromatic heterocycles. The Morgan fingerprint density at radius 2 is 0.320 bits per heavy atom. The van der Waals surface area contributed by atoms with E-state index in [1.54, 1.807) is 0 Å². The van der Waals surface area contributed by atoms with E-state index in [9.17, 15) is 0 Å². The first kappa shape index (κ1) is 48.8. The molecule has 0 saturated heterocycles. The van der Waals surface area contributed by atoms with E-state index in [1.165, 1.54) is 0 Å². The van der Waals surface area contributed by atoms with Crippen LogP contribution < -0.4 is 0 Å². The van der Waals surface area contributed by atoms with Crippen LogP contribution in [-0.4, -0.2) is 32.3 Å². The Morgan fingerprint density at radius 3 is 0.400 bits per heavy atom. The van der Waals surface area contributed by atoms with Crippen LogP contribution in [0.15, 0.2) is 11.1 Å². The zero-order chi connectivity index (χ0) is 39.7. The van der Waals surface area contributed by atoms with Gasteiger partial charge in [-0.2, -0.15) is 0 Å². The zero-order valence-corrected chi connectivity index (χ0v) is 41.9. The second kappa shape index (κ2) is 19.8. The predicted molar refractivity (Wildman–Crippen MR) is 242 cm³/mol. The molecule has 0 aliphatic heterocycles. The van der Waals surface area contributed by atoms with E-state index in [2.05, 4.69) is 212 Å². The Morgan fingerprint density at radius 1 is 0.220 bits per heavy atom. The van der Waals surface area contributed by atoms with E-state index in [0.717, 1.165) is 11.1 Å². The molecule has 4 heteroatoms. The summed E-state index contributed by atoms with van der Waals surface area (Å²) in [6.07, 6.45) is 0. The first-order chi connectivity index (χ1) is 22.7. The van der Waals surface area contributed by atoms with Gasteiger partial charge in [0.15, 0.2) is 0 Å². The molecule has 0 unspecified atom stereocenters. The van der Waals surface area contributed by atoms with Crippen molar-refractivity contribution in [3.8, 4) is 45.9 Å². The summed E-state index contributed by atoms with van der Waals surface area (Å²) in [6.45, 7) is 57.8. The Labute approximate surface area is 320 Å². The molecule has 0 spiro atoms. The van der Waals surface area contributed by atoms with Gasteiger partial charge in [0.05, 0.1) is 11.1 Å². The highest BCUT2D eigenvalue weighted by molar-refractivity contribution is 6.92. The van der Waals surface area contributed by atoms with Gasteiger partial charge < -0.3 is 0 Å². The Kier molecular flexibility index (Phi) is 19.3. The average Bonchev–Trinajstić information content (AvgIpc) is 2.93. The lowest BCUT2D eigenvalue weighted by Gasteiger charge is -2.38. The summed E-state index contributed by atoms with van der Waals surface area (Å²) in [5.74, 6) is 15.6. The second-order valence-corrected chi connectivity index (χ2v) is 41.7. The molecule has 0 N–H and O–H groups in total. The lowest BCUT2D eigenvalue weighted by Crippen LogP contribution is -2.43. The summed E-state index contributed by atoms with van der Waals surface area (Å²) in [5, 5.41) is 0. The summed E-state index contributed by atoms with van der Waals surface area (Å²) >= 11 is 0. The fourth-order valence-corrected chi connectivity index (χ4v) is 31.6. The van der Waals surface area contributed by atoms with Crippen LogP contribution in [0, 0.1) is 45.9 Å². The molecule has 0 bridgehead atoms. The van der Waals surface area contributed by atoms with Crippen LogP contribution in [0.25, 0.3) is 0 Å². The van der Waals surface area contributed by atoms with Crippen molar-refractivity contribution in [2.75, 3.05) is 0 Å². The Bertz CT molecular complexity index is 1070. The van der Waals surface area contributed by atoms with E-state index in [4.69, 9.17) is 0 Å². The quantitative estimate of drug-likeness (QED) is 0.138. The van der Waals surface area contributed by atoms with Gasteiger partial charge in [0.25, 0.3) is 0 Å². The van der Waals surface area contributed by atoms with Crippen molar-refractivity contribution in [3.05, 3.63) is 11.1 Å². The van der Waals surface area contributed by atoms with Crippen LogP contribution in [0.4, 0.5) is 0 Å². The van der Waals surface area contributed by atoms with Gasteiger partial charge >= 0.3 is 0 Å². The van der Waals surface area contributed by atoms with Gasteiger partial charge in [0.1, 0.15) is 32.3 Å². The second-order valence-electron chi connectivity index (χ2n) is 19.3. The third-order valence-corrected chi connectivity index (χ3v) is 38.5. The molecule has 284 valence electrons. The van der Waals surface area contributed by atoms with Gasteiger partial charge in [-0.1, -0.05) is 190 Å². The van der Waals surface area contributed by atoms with Crippen molar-refractivity contribution in [1.29, 1.82) is 0 Å². The van der Waals surface area contributed by atoms with Gasteiger partial charge in [-0.25, -0.2) is 0 Å². The number of allylic oxidation sites excluding steroid dienone is 2. The van der Waals surface area contributed by atoms with Gasteiger partial charge in [-0.15, -0.1) is 22.2 Å². The summed E-state index contributed by atoms with van der Waals surface area (Å²) in [6, 6.07) is 0. The van der Waals surface area contributed by atoms with Crippen molar-refractivity contribution in [1.82, 2.24) is 0 Å². The van der Waals surface area contributed by atoms with E-state index < -0.39 is 32.3 Å². The van der Waals surface area contributed by atoms with E-state index in [1.807, 2.05) is 0 Å². The van der Waals surface area contributed by atoms with E-state index in [0.29, 0.717) is 66.5 Å². The molecule has 0 amide bonds.